The molecule has 1 heterocycles. The molecule has 0 aliphatic heterocycles. The van der Waals surface area contributed by atoms with E-state index >= 15 is 0 Å². The average molecular weight is 367 g/mol. The van der Waals surface area contributed by atoms with Gasteiger partial charge in [0.1, 0.15) is 12.4 Å². The zero-order valence-electron chi connectivity index (χ0n) is 15.4. The van der Waals surface area contributed by atoms with Crippen molar-refractivity contribution in [3.63, 3.8) is 0 Å². The smallest absolute Gasteiger partial charge is 0.240 e. The predicted octanol–water partition coefficient (Wildman–Crippen LogP) is 3.57. The first-order chi connectivity index (χ1) is 13.0. The quantitative estimate of drug-likeness (QED) is 0.650. The number of ketones is 1. The van der Waals surface area contributed by atoms with Crippen LogP contribution in [0.1, 0.15) is 36.5 Å². The number of rotatable bonds is 7. The molecule has 6 heteroatoms. The van der Waals surface area contributed by atoms with Crippen molar-refractivity contribution in [2.24, 2.45) is 5.92 Å². The van der Waals surface area contributed by atoms with Gasteiger partial charge in [-0.15, -0.1) is 0 Å². The number of imidazole rings is 1. The number of hydrogen-bond acceptors (Lipinski definition) is 3. The Morgan fingerprint density at radius 1 is 1.15 bits per heavy atom. The molecule has 3 rings (SSSR count). The molecule has 0 fully saturated rings. The van der Waals surface area contributed by atoms with Crippen LogP contribution in [0.3, 0.4) is 0 Å². The number of carbonyl (C=O) groups is 2. The normalized spacial score (nSPS) is 11.1. The summed E-state index contributed by atoms with van der Waals surface area (Å²) in [6.07, 6.45) is 0.880. The molecule has 1 N–H and O–H groups in total. The van der Waals surface area contributed by atoms with Gasteiger partial charge in [-0.1, -0.05) is 38.1 Å². The number of halogens is 1. The zero-order valence-corrected chi connectivity index (χ0v) is 15.4. The number of nitrogens with zero attached hydrogens (tertiary/aromatic N) is 2. The van der Waals surface area contributed by atoms with E-state index < -0.39 is 11.6 Å². The summed E-state index contributed by atoms with van der Waals surface area (Å²) < 4.78 is 15.1. The minimum absolute atomic E-state index is 0.0189. The fraction of sp³-hybridized carbons (Fsp3) is 0.286. The van der Waals surface area contributed by atoms with E-state index in [-0.39, 0.29) is 23.8 Å². The number of fused-ring (bicyclic) bond motifs is 1. The third-order valence-corrected chi connectivity index (χ3v) is 4.29. The fourth-order valence-electron chi connectivity index (χ4n) is 2.87. The van der Waals surface area contributed by atoms with Gasteiger partial charge in [-0.25, -0.2) is 9.37 Å². The van der Waals surface area contributed by atoms with Gasteiger partial charge in [-0.3, -0.25) is 9.59 Å². The minimum atomic E-state index is -0.491. The summed E-state index contributed by atoms with van der Waals surface area (Å²) in [6.45, 7) is 4.74. The molecular formula is C21H22FN3O2. The van der Waals surface area contributed by atoms with Crippen molar-refractivity contribution in [3.05, 3.63) is 65.7 Å². The Hall–Kier alpha value is -3.02. The highest BCUT2D eigenvalue weighted by Gasteiger charge is 2.21. The van der Waals surface area contributed by atoms with Crippen LogP contribution >= 0.6 is 0 Å². The van der Waals surface area contributed by atoms with E-state index in [0.717, 1.165) is 6.42 Å². The van der Waals surface area contributed by atoms with Crippen LogP contribution in [0.2, 0.25) is 0 Å². The Balaban J connectivity index is 1.92. The third kappa shape index (κ3) is 4.39. The standard InChI is InChI=1S/C21H22FN3O2/c1-14(2)10-11-23-19(26)13-25-18-9-4-3-8-17(18)24-21(25)20(27)15-6-5-7-16(22)12-15/h3-9,12,14H,10-11,13H2,1-2H3,(H,23,26). The number of benzene rings is 2. The van der Waals surface area contributed by atoms with Crippen LogP contribution in [0.4, 0.5) is 4.39 Å². The van der Waals surface area contributed by atoms with Gasteiger partial charge in [0.25, 0.3) is 0 Å². The molecule has 0 radical (unpaired) electrons. The number of amides is 1. The van der Waals surface area contributed by atoms with Crippen molar-refractivity contribution in [3.8, 4) is 0 Å². The number of carbonyl (C=O) groups excluding carboxylic acids is 2. The molecule has 1 amide bonds. The van der Waals surface area contributed by atoms with Crippen LogP contribution in [0, 0.1) is 11.7 Å². The Bertz CT molecular complexity index is 978. The largest absolute Gasteiger partial charge is 0.355 e. The van der Waals surface area contributed by atoms with E-state index in [4.69, 9.17) is 0 Å². The number of para-hydroxylation sites is 2. The van der Waals surface area contributed by atoms with Crippen molar-refractivity contribution in [1.29, 1.82) is 0 Å². The Labute approximate surface area is 157 Å². The number of nitrogens with one attached hydrogen (secondary N) is 1. The van der Waals surface area contributed by atoms with E-state index in [1.54, 1.807) is 10.6 Å². The number of aromatic nitrogens is 2. The monoisotopic (exact) mass is 367 g/mol. The van der Waals surface area contributed by atoms with Crippen molar-refractivity contribution >= 4 is 22.7 Å². The summed E-state index contributed by atoms with van der Waals surface area (Å²) in [5, 5.41) is 2.87. The van der Waals surface area contributed by atoms with Crippen LogP contribution in [0.5, 0.6) is 0 Å². The molecule has 0 atom stereocenters. The topological polar surface area (TPSA) is 64.0 Å². The Kier molecular flexibility index (Phi) is 5.64. The van der Waals surface area contributed by atoms with E-state index in [1.165, 1.54) is 24.3 Å². The van der Waals surface area contributed by atoms with Gasteiger partial charge in [0.15, 0.2) is 5.82 Å². The number of hydrogen-bond donors (Lipinski definition) is 1. The van der Waals surface area contributed by atoms with Crippen LogP contribution in [0.25, 0.3) is 11.0 Å². The molecule has 0 saturated heterocycles. The maximum atomic E-state index is 13.5. The first-order valence-corrected chi connectivity index (χ1v) is 8.98. The molecule has 0 unspecified atom stereocenters. The molecule has 0 aliphatic carbocycles. The molecular weight excluding hydrogens is 345 g/mol. The SMILES string of the molecule is CC(C)CCNC(=O)Cn1c(C(=O)c2cccc(F)c2)nc2ccccc21. The van der Waals surface area contributed by atoms with Gasteiger partial charge >= 0.3 is 0 Å². The van der Waals surface area contributed by atoms with Crippen LogP contribution in [-0.2, 0) is 11.3 Å². The summed E-state index contributed by atoms with van der Waals surface area (Å²) in [6, 6.07) is 12.7. The van der Waals surface area contributed by atoms with E-state index in [9.17, 15) is 14.0 Å². The lowest BCUT2D eigenvalue weighted by atomic mass is 10.1. The van der Waals surface area contributed by atoms with Crippen molar-refractivity contribution in [2.45, 2.75) is 26.8 Å². The summed E-state index contributed by atoms with van der Waals surface area (Å²) in [7, 11) is 0. The highest BCUT2D eigenvalue weighted by atomic mass is 19.1. The Morgan fingerprint density at radius 3 is 2.67 bits per heavy atom. The van der Waals surface area contributed by atoms with Gasteiger partial charge in [0, 0.05) is 12.1 Å². The summed E-state index contributed by atoms with van der Waals surface area (Å²) in [5.74, 6) is -0.479. The predicted molar refractivity (Wildman–Crippen MR) is 102 cm³/mol. The molecule has 0 saturated carbocycles. The average Bonchev–Trinajstić information content (AvgIpc) is 2.99. The lowest BCUT2D eigenvalue weighted by Crippen LogP contribution is -2.30. The van der Waals surface area contributed by atoms with Crippen LogP contribution in [-0.4, -0.2) is 27.8 Å². The maximum Gasteiger partial charge on any atom is 0.240 e. The molecule has 5 nitrogen and oxygen atoms in total. The first kappa shape index (κ1) is 18.8. The second-order valence-corrected chi connectivity index (χ2v) is 6.88. The summed E-state index contributed by atoms with van der Waals surface area (Å²) in [5.41, 5.74) is 1.51. The van der Waals surface area contributed by atoms with E-state index in [0.29, 0.717) is 23.5 Å². The molecule has 2 aromatic carbocycles. The van der Waals surface area contributed by atoms with Gasteiger partial charge in [-0.05, 0) is 36.6 Å². The summed E-state index contributed by atoms with van der Waals surface area (Å²) in [4.78, 5) is 29.7. The highest BCUT2D eigenvalue weighted by molar-refractivity contribution is 6.08. The van der Waals surface area contributed by atoms with Crippen molar-refractivity contribution in [1.82, 2.24) is 14.9 Å². The highest BCUT2D eigenvalue weighted by Crippen LogP contribution is 2.19. The van der Waals surface area contributed by atoms with E-state index in [1.807, 2.05) is 18.2 Å². The maximum absolute atomic E-state index is 13.5. The molecule has 0 bridgehead atoms. The zero-order chi connectivity index (χ0) is 19.4. The third-order valence-electron chi connectivity index (χ3n) is 4.29. The van der Waals surface area contributed by atoms with Gasteiger partial charge in [0.2, 0.25) is 11.7 Å². The molecule has 1 aromatic heterocycles. The van der Waals surface area contributed by atoms with Crippen molar-refractivity contribution < 1.29 is 14.0 Å². The van der Waals surface area contributed by atoms with Crippen LogP contribution < -0.4 is 5.32 Å². The van der Waals surface area contributed by atoms with Gasteiger partial charge < -0.3 is 9.88 Å². The lowest BCUT2D eigenvalue weighted by Gasteiger charge is -2.10. The molecule has 140 valence electrons. The minimum Gasteiger partial charge on any atom is -0.355 e. The van der Waals surface area contributed by atoms with Gasteiger partial charge in [-0.2, -0.15) is 0 Å². The molecule has 0 spiro atoms. The second-order valence-electron chi connectivity index (χ2n) is 6.88. The molecule has 3 aromatic rings. The second kappa shape index (κ2) is 8.12. The summed E-state index contributed by atoms with van der Waals surface area (Å²) >= 11 is 0. The fourth-order valence-corrected chi connectivity index (χ4v) is 2.87. The van der Waals surface area contributed by atoms with Gasteiger partial charge in [0.05, 0.1) is 11.0 Å². The van der Waals surface area contributed by atoms with Crippen molar-refractivity contribution in [2.75, 3.05) is 6.54 Å². The molecule has 0 aliphatic rings. The Morgan fingerprint density at radius 2 is 1.93 bits per heavy atom. The first-order valence-electron chi connectivity index (χ1n) is 8.98. The van der Waals surface area contributed by atoms with E-state index in [2.05, 4.69) is 24.1 Å². The van der Waals surface area contributed by atoms with Crippen LogP contribution in [0.15, 0.2) is 48.5 Å². The molecule has 27 heavy (non-hydrogen) atoms. The lowest BCUT2D eigenvalue weighted by molar-refractivity contribution is -0.121.